The van der Waals surface area contributed by atoms with Crippen LogP contribution < -0.4 is 16.9 Å². The van der Waals surface area contributed by atoms with E-state index in [0.29, 0.717) is 17.9 Å². The Hall–Kier alpha value is -2.29. The first-order valence-corrected chi connectivity index (χ1v) is 11.7. The van der Waals surface area contributed by atoms with Crippen molar-refractivity contribution in [2.45, 2.75) is 65.6 Å². The zero-order valence-electron chi connectivity index (χ0n) is 20.5. The number of hydrazine groups is 1. The number of nitrogens with one attached hydrogen (secondary N) is 1. The molecule has 178 valence electrons. The van der Waals surface area contributed by atoms with E-state index >= 15 is 0 Å². The maximum Gasteiger partial charge on any atom is 0.156 e. The number of aromatic nitrogens is 2. The Labute approximate surface area is 193 Å². The number of allylic oxidation sites excluding steroid dienone is 2. The Bertz CT molecular complexity index is 793. The maximum atomic E-state index is 6.51. The molecule has 32 heavy (non-hydrogen) atoms. The van der Waals surface area contributed by atoms with E-state index < -0.39 is 0 Å². The van der Waals surface area contributed by atoms with Crippen molar-refractivity contribution in [1.82, 2.24) is 25.2 Å². The number of hydrogen-bond acceptors (Lipinski definition) is 8. The minimum Gasteiger partial charge on any atom is -0.395 e. The Kier molecular flexibility index (Phi) is 10.8. The summed E-state index contributed by atoms with van der Waals surface area (Å²) in [7, 11) is 3.80. The Morgan fingerprint density at radius 2 is 2.03 bits per heavy atom. The van der Waals surface area contributed by atoms with E-state index in [1.54, 1.807) is 19.5 Å². The van der Waals surface area contributed by atoms with E-state index in [1.807, 2.05) is 33.0 Å². The smallest absolute Gasteiger partial charge is 0.156 e. The van der Waals surface area contributed by atoms with Gasteiger partial charge >= 0.3 is 0 Å². The first kappa shape index (κ1) is 26.0. The van der Waals surface area contributed by atoms with Crippen molar-refractivity contribution in [2.24, 2.45) is 22.5 Å². The summed E-state index contributed by atoms with van der Waals surface area (Å²) < 4.78 is 0. The molecule has 5 N–H and O–H groups in total. The molecule has 0 aromatic carbocycles. The minimum absolute atomic E-state index is 0.190. The van der Waals surface area contributed by atoms with Crippen LogP contribution in [0.5, 0.6) is 0 Å². The second kappa shape index (κ2) is 13.3. The van der Waals surface area contributed by atoms with Crippen LogP contribution in [0.2, 0.25) is 0 Å². The fourth-order valence-electron chi connectivity index (χ4n) is 3.96. The van der Waals surface area contributed by atoms with E-state index in [0.717, 1.165) is 36.0 Å². The van der Waals surface area contributed by atoms with E-state index in [-0.39, 0.29) is 6.29 Å². The number of rotatable bonds is 11. The molecular weight excluding hydrogens is 400 g/mol. The molecule has 1 aliphatic carbocycles. The van der Waals surface area contributed by atoms with Crippen molar-refractivity contribution in [1.29, 1.82) is 0 Å². The molecule has 2 rings (SSSR count). The molecule has 1 aromatic rings. The topological polar surface area (TPSA) is 109 Å². The quantitative estimate of drug-likeness (QED) is 0.209. The summed E-state index contributed by atoms with van der Waals surface area (Å²) in [4.78, 5) is 16.2. The van der Waals surface area contributed by atoms with Gasteiger partial charge in [-0.2, -0.15) is 0 Å². The third kappa shape index (κ3) is 7.69. The lowest BCUT2D eigenvalue weighted by atomic mass is 9.86. The van der Waals surface area contributed by atoms with Crippen molar-refractivity contribution in [3.8, 4) is 0 Å². The molecule has 1 unspecified atom stereocenters. The summed E-state index contributed by atoms with van der Waals surface area (Å²) in [6.07, 6.45) is 14.9. The van der Waals surface area contributed by atoms with Crippen molar-refractivity contribution >= 4 is 11.9 Å². The predicted octanol–water partition coefficient (Wildman–Crippen LogP) is 2.81. The number of hydrogen-bond donors (Lipinski definition) is 3. The summed E-state index contributed by atoms with van der Waals surface area (Å²) in [5.74, 6) is 6.85. The molecule has 0 saturated heterocycles. The molecule has 1 saturated carbocycles. The van der Waals surface area contributed by atoms with Crippen molar-refractivity contribution in [3.05, 3.63) is 41.1 Å². The zero-order valence-corrected chi connectivity index (χ0v) is 20.5. The number of likely N-dealkylation sites (N-methyl/N-ethyl adjacent to an activating group) is 1. The number of aliphatic imine (C=N–C) groups is 1. The van der Waals surface area contributed by atoms with Crippen molar-refractivity contribution in [3.63, 3.8) is 0 Å². The van der Waals surface area contributed by atoms with E-state index in [9.17, 15) is 0 Å². The molecule has 1 heterocycles. The largest absolute Gasteiger partial charge is 0.395 e. The highest BCUT2D eigenvalue weighted by Gasteiger charge is 2.18. The van der Waals surface area contributed by atoms with Crippen LogP contribution in [0, 0.1) is 12.8 Å². The van der Waals surface area contributed by atoms with Crippen LogP contribution in [0.15, 0.2) is 29.0 Å². The Morgan fingerprint density at radius 3 is 2.62 bits per heavy atom. The van der Waals surface area contributed by atoms with Crippen LogP contribution in [-0.2, 0) is 6.42 Å². The fourth-order valence-corrected chi connectivity index (χ4v) is 3.96. The molecule has 0 amide bonds. The molecule has 1 aliphatic rings. The summed E-state index contributed by atoms with van der Waals surface area (Å²) in [5, 5.41) is 4.96. The normalized spacial score (nSPS) is 17.3. The Balaban J connectivity index is 2.17. The number of nitrogens with two attached hydrogens (primary N) is 2. The summed E-state index contributed by atoms with van der Waals surface area (Å²) in [5.41, 5.74) is 10.5. The average Bonchev–Trinajstić information content (AvgIpc) is 2.79. The summed E-state index contributed by atoms with van der Waals surface area (Å²) in [6, 6.07) is 0. The highest BCUT2D eigenvalue weighted by molar-refractivity contribution is 5.70. The van der Waals surface area contributed by atoms with Gasteiger partial charge in [0, 0.05) is 19.8 Å². The van der Waals surface area contributed by atoms with Gasteiger partial charge in [-0.3, -0.25) is 20.2 Å². The lowest BCUT2D eigenvalue weighted by Crippen LogP contribution is -2.45. The number of nitrogens with zero attached hydrogens (tertiary/aromatic N) is 5. The first-order valence-electron chi connectivity index (χ1n) is 11.7. The third-order valence-corrected chi connectivity index (χ3v) is 6.14. The lowest BCUT2D eigenvalue weighted by Gasteiger charge is -2.27. The third-order valence-electron chi connectivity index (χ3n) is 6.14. The molecule has 8 nitrogen and oxygen atoms in total. The van der Waals surface area contributed by atoms with Gasteiger partial charge in [0.15, 0.2) is 6.29 Å². The molecule has 1 atom stereocenters. The van der Waals surface area contributed by atoms with Gasteiger partial charge in [0.2, 0.25) is 0 Å². The second-order valence-corrected chi connectivity index (χ2v) is 8.62. The van der Waals surface area contributed by atoms with E-state index in [2.05, 4.69) is 22.1 Å². The van der Waals surface area contributed by atoms with E-state index in [1.165, 1.54) is 37.1 Å². The first-order chi connectivity index (χ1) is 15.4. The van der Waals surface area contributed by atoms with Gasteiger partial charge in [0.05, 0.1) is 29.0 Å². The van der Waals surface area contributed by atoms with Gasteiger partial charge in [0.25, 0.3) is 0 Å². The van der Waals surface area contributed by atoms with Gasteiger partial charge in [0.1, 0.15) is 5.69 Å². The highest BCUT2D eigenvalue weighted by Crippen LogP contribution is 2.27. The molecule has 0 bridgehead atoms. The lowest BCUT2D eigenvalue weighted by molar-refractivity contribution is 0.222. The van der Waals surface area contributed by atoms with Crippen LogP contribution in [0.4, 0.5) is 0 Å². The molecule has 0 radical (unpaired) electrons. The monoisotopic (exact) mass is 442 g/mol. The van der Waals surface area contributed by atoms with Crippen LogP contribution in [0.3, 0.4) is 0 Å². The van der Waals surface area contributed by atoms with Gasteiger partial charge in [-0.25, -0.2) is 10.8 Å². The fraction of sp³-hybridized carbons (Fsp3) is 0.625. The zero-order chi connectivity index (χ0) is 23.5. The summed E-state index contributed by atoms with van der Waals surface area (Å²) >= 11 is 0. The molecule has 8 heteroatoms. The second-order valence-electron chi connectivity index (χ2n) is 8.62. The van der Waals surface area contributed by atoms with Gasteiger partial charge in [-0.15, -0.1) is 0 Å². The number of aryl methyl sites for hydroxylation is 1. The molecule has 0 spiro atoms. The standard InChI is InChI=1S/C24H42N8/c1-6-8-14-27-24(31(4)7-2)29-17-22(32(5)26)23(25)21-16-28-20(18(3)30-21)15-19-12-10-9-11-13-19/h6,8,14,16,19,24,29H,7,9-13,15,17,25-26H2,1-5H3/b8-6+,23-22-,27-14?. The van der Waals surface area contributed by atoms with E-state index in [4.69, 9.17) is 21.5 Å². The van der Waals surface area contributed by atoms with Crippen molar-refractivity contribution < 1.29 is 0 Å². The van der Waals surface area contributed by atoms with Gasteiger partial charge < -0.3 is 10.7 Å². The van der Waals surface area contributed by atoms with Gasteiger partial charge in [-0.1, -0.05) is 45.1 Å². The molecule has 0 aliphatic heterocycles. The summed E-state index contributed by atoms with van der Waals surface area (Å²) in [6.45, 7) is 7.38. The highest BCUT2D eigenvalue weighted by atomic mass is 15.4. The maximum absolute atomic E-state index is 6.51. The molecule has 1 fully saturated rings. The average molecular weight is 443 g/mol. The van der Waals surface area contributed by atoms with Crippen LogP contribution >= 0.6 is 0 Å². The van der Waals surface area contributed by atoms with Crippen LogP contribution in [0.1, 0.15) is 63.0 Å². The van der Waals surface area contributed by atoms with Gasteiger partial charge in [-0.05, 0) is 45.9 Å². The van der Waals surface area contributed by atoms with Crippen LogP contribution in [-0.4, -0.2) is 59.6 Å². The molecular formula is C24H42N8. The Morgan fingerprint density at radius 1 is 1.31 bits per heavy atom. The molecule has 1 aromatic heterocycles. The van der Waals surface area contributed by atoms with Crippen LogP contribution in [0.25, 0.3) is 5.70 Å². The predicted molar refractivity (Wildman–Crippen MR) is 134 cm³/mol. The van der Waals surface area contributed by atoms with Crippen molar-refractivity contribution in [2.75, 3.05) is 27.2 Å². The SMILES string of the molecule is C/C=C/C=NC(NC/C(=C(/N)c1cnc(CC2CCCCC2)c(C)n1)N(C)N)N(C)CC. The minimum atomic E-state index is -0.190.